The van der Waals surface area contributed by atoms with Crippen molar-refractivity contribution < 1.29 is 9.53 Å². The Morgan fingerprint density at radius 2 is 2.05 bits per heavy atom. The first-order valence-corrected chi connectivity index (χ1v) is 7.02. The van der Waals surface area contributed by atoms with Crippen molar-refractivity contribution in [3.63, 3.8) is 0 Å². The van der Waals surface area contributed by atoms with Crippen LogP contribution in [0.15, 0.2) is 18.2 Å². The van der Waals surface area contributed by atoms with Crippen LogP contribution in [-0.2, 0) is 0 Å². The second-order valence-electron chi connectivity index (χ2n) is 5.63. The maximum atomic E-state index is 12.5. The van der Waals surface area contributed by atoms with E-state index in [0.717, 1.165) is 12.0 Å². The van der Waals surface area contributed by atoms with Crippen LogP contribution in [0, 0.1) is 12.8 Å². The monoisotopic (exact) mass is 278 g/mol. The number of hydrogen-bond acceptors (Lipinski definition) is 3. The Balaban J connectivity index is 2.76. The Morgan fingerprint density at radius 3 is 2.60 bits per heavy atom. The molecular weight excluding hydrogens is 252 g/mol. The van der Waals surface area contributed by atoms with Crippen molar-refractivity contribution in [1.29, 1.82) is 0 Å². The van der Waals surface area contributed by atoms with Gasteiger partial charge < -0.3 is 15.4 Å². The summed E-state index contributed by atoms with van der Waals surface area (Å²) in [5.74, 6) is 1.01. The molecule has 0 aliphatic carbocycles. The number of carbonyl (C=O) groups is 1. The van der Waals surface area contributed by atoms with Gasteiger partial charge in [-0.2, -0.15) is 0 Å². The molecule has 4 heteroatoms. The number of carbonyl (C=O) groups excluding carboxylic acids is 1. The highest BCUT2D eigenvalue weighted by Crippen LogP contribution is 2.21. The fraction of sp³-hybridized carbons (Fsp3) is 0.562. The van der Waals surface area contributed by atoms with Crippen LogP contribution in [0.4, 0.5) is 0 Å². The van der Waals surface area contributed by atoms with Gasteiger partial charge in [0.1, 0.15) is 5.75 Å². The number of methoxy groups -OCH3 is 1. The number of nitrogens with two attached hydrogens (primary N) is 1. The number of ether oxygens (including phenoxy) is 1. The molecule has 1 amide bonds. The molecule has 1 atom stereocenters. The summed E-state index contributed by atoms with van der Waals surface area (Å²) in [4.78, 5) is 14.2. The van der Waals surface area contributed by atoms with Crippen molar-refractivity contribution in [3.8, 4) is 5.75 Å². The van der Waals surface area contributed by atoms with Gasteiger partial charge in [0.25, 0.3) is 5.91 Å². The first-order chi connectivity index (χ1) is 9.36. The van der Waals surface area contributed by atoms with E-state index in [0.29, 0.717) is 23.8 Å². The summed E-state index contributed by atoms with van der Waals surface area (Å²) in [6, 6.07) is 5.74. The summed E-state index contributed by atoms with van der Waals surface area (Å²) in [6.45, 7) is 6.80. The molecule has 4 nitrogen and oxygen atoms in total. The van der Waals surface area contributed by atoms with E-state index in [-0.39, 0.29) is 11.9 Å². The van der Waals surface area contributed by atoms with Crippen molar-refractivity contribution in [2.24, 2.45) is 11.7 Å². The third kappa shape index (κ3) is 4.23. The van der Waals surface area contributed by atoms with Crippen LogP contribution in [0.25, 0.3) is 0 Å². The molecule has 1 unspecified atom stereocenters. The van der Waals surface area contributed by atoms with Gasteiger partial charge in [-0.25, -0.2) is 0 Å². The third-order valence-electron chi connectivity index (χ3n) is 3.59. The smallest absolute Gasteiger partial charge is 0.257 e. The van der Waals surface area contributed by atoms with Crippen molar-refractivity contribution in [3.05, 3.63) is 29.3 Å². The summed E-state index contributed by atoms with van der Waals surface area (Å²) in [7, 11) is 3.38. The number of benzene rings is 1. The van der Waals surface area contributed by atoms with E-state index in [1.165, 1.54) is 0 Å². The first kappa shape index (κ1) is 16.5. The normalized spacial score (nSPS) is 12.3. The Labute approximate surface area is 121 Å². The zero-order valence-corrected chi connectivity index (χ0v) is 13.1. The lowest BCUT2D eigenvalue weighted by atomic mass is 10.0. The molecule has 1 rings (SSSR count). The fourth-order valence-electron chi connectivity index (χ4n) is 1.97. The standard InChI is InChI=1S/C16H26N2O2/c1-11(2)14(17)8-9-18(4)16(19)13-10-12(3)6-7-15(13)20-5/h6-7,10-11,14H,8-9,17H2,1-5H3. The largest absolute Gasteiger partial charge is 0.496 e. The summed E-state index contributed by atoms with van der Waals surface area (Å²) in [5.41, 5.74) is 7.67. The summed E-state index contributed by atoms with van der Waals surface area (Å²) >= 11 is 0. The van der Waals surface area contributed by atoms with Crippen LogP contribution in [0.2, 0.25) is 0 Å². The zero-order chi connectivity index (χ0) is 15.3. The van der Waals surface area contributed by atoms with Gasteiger partial charge in [-0.3, -0.25) is 4.79 Å². The molecule has 0 bridgehead atoms. The van der Waals surface area contributed by atoms with Crippen LogP contribution in [0.5, 0.6) is 5.75 Å². The maximum Gasteiger partial charge on any atom is 0.257 e. The highest BCUT2D eigenvalue weighted by molar-refractivity contribution is 5.97. The van der Waals surface area contributed by atoms with Crippen molar-refractivity contribution in [1.82, 2.24) is 4.90 Å². The van der Waals surface area contributed by atoms with Crippen LogP contribution < -0.4 is 10.5 Å². The van der Waals surface area contributed by atoms with E-state index in [2.05, 4.69) is 13.8 Å². The molecule has 112 valence electrons. The topological polar surface area (TPSA) is 55.6 Å². The number of rotatable bonds is 6. The van der Waals surface area contributed by atoms with E-state index >= 15 is 0 Å². The van der Waals surface area contributed by atoms with Crippen molar-refractivity contribution in [2.75, 3.05) is 20.7 Å². The highest BCUT2D eigenvalue weighted by Gasteiger charge is 2.18. The lowest BCUT2D eigenvalue weighted by molar-refractivity contribution is 0.0785. The molecular formula is C16H26N2O2. The van der Waals surface area contributed by atoms with Crippen molar-refractivity contribution in [2.45, 2.75) is 33.2 Å². The second kappa shape index (κ2) is 7.29. The number of hydrogen-bond donors (Lipinski definition) is 1. The van der Waals surface area contributed by atoms with E-state index in [1.54, 1.807) is 19.1 Å². The van der Waals surface area contributed by atoms with Gasteiger partial charge >= 0.3 is 0 Å². The average Bonchev–Trinajstić information content (AvgIpc) is 2.43. The summed E-state index contributed by atoms with van der Waals surface area (Å²) < 4.78 is 5.26. The minimum atomic E-state index is -0.0264. The zero-order valence-electron chi connectivity index (χ0n) is 13.1. The van der Waals surface area contributed by atoms with Gasteiger partial charge in [0.2, 0.25) is 0 Å². The van der Waals surface area contributed by atoms with Gasteiger partial charge in [-0.05, 0) is 31.4 Å². The minimum absolute atomic E-state index is 0.0264. The first-order valence-electron chi connectivity index (χ1n) is 7.02. The van der Waals surface area contributed by atoms with Gasteiger partial charge in [-0.15, -0.1) is 0 Å². The number of nitrogens with zero attached hydrogens (tertiary/aromatic N) is 1. The highest BCUT2D eigenvalue weighted by atomic mass is 16.5. The molecule has 0 saturated carbocycles. The number of aryl methyl sites for hydroxylation is 1. The molecule has 20 heavy (non-hydrogen) atoms. The molecule has 0 fully saturated rings. The summed E-state index contributed by atoms with van der Waals surface area (Å²) in [6.07, 6.45) is 0.800. The van der Waals surface area contributed by atoms with Gasteiger partial charge in [0, 0.05) is 19.6 Å². The quantitative estimate of drug-likeness (QED) is 0.869. The molecule has 0 spiro atoms. The van der Waals surface area contributed by atoms with E-state index < -0.39 is 0 Å². The van der Waals surface area contributed by atoms with Crippen LogP contribution in [0.3, 0.4) is 0 Å². The molecule has 0 aromatic heterocycles. The van der Waals surface area contributed by atoms with E-state index in [4.69, 9.17) is 10.5 Å². The van der Waals surface area contributed by atoms with Gasteiger partial charge in [-0.1, -0.05) is 25.5 Å². The Kier molecular flexibility index (Phi) is 6.02. The lowest BCUT2D eigenvalue weighted by Gasteiger charge is -2.22. The third-order valence-corrected chi connectivity index (χ3v) is 3.59. The molecule has 0 saturated heterocycles. The molecule has 0 radical (unpaired) electrons. The Hall–Kier alpha value is -1.55. The lowest BCUT2D eigenvalue weighted by Crippen LogP contribution is -2.34. The molecule has 0 aliphatic heterocycles. The molecule has 2 N–H and O–H groups in total. The molecule has 1 aromatic rings. The number of amides is 1. The Bertz CT molecular complexity index is 458. The van der Waals surface area contributed by atoms with Crippen LogP contribution in [0.1, 0.15) is 36.2 Å². The Morgan fingerprint density at radius 1 is 1.40 bits per heavy atom. The van der Waals surface area contributed by atoms with E-state index in [1.807, 2.05) is 25.1 Å². The van der Waals surface area contributed by atoms with Crippen LogP contribution >= 0.6 is 0 Å². The fourth-order valence-corrected chi connectivity index (χ4v) is 1.97. The van der Waals surface area contributed by atoms with Crippen molar-refractivity contribution >= 4 is 5.91 Å². The van der Waals surface area contributed by atoms with E-state index in [9.17, 15) is 4.79 Å². The predicted molar refractivity (Wildman–Crippen MR) is 82.1 cm³/mol. The minimum Gasteiger partial charge on any atom is -0.496 e. The molecule has 0 heterocycles. The average molecular weight is 278 g/mol. The molecule has 0 aliphatic rings. The van der Waals surface area contributed by atoms with Gasteiger partial charge in [0.15, 0.2) is 0 Å². The summed E-state index contributed by atoms with van der Waals surface area (Å²) in [5, 5.41) is 0. The maximum absolute atomic E-state index is 12.5. The second-order valence-corrected chi connectivity index (χ2v) is 5.63. The SMILES string of the molecule is COc1ccc(C)cc1C(=O)N(C)CCC(N)C(C)C. The van der Waals surface area contributed by atoms with Crippen LogP contribution in [-0.4, -0.2) is 37.6 Å². The molecule has 1 aromatic carbocycles. The van der Waals surface area contributed by atoms with Gasteiger partial charge in [0.05, 0.1) is 12.7 Å². The predicted octanol–water partition coefficient (Wildman–Crippen LogP) is 2.45.